The fourth-order valence-corrected chi connectivity index (χ4v) is 3.03. The second kappa shape index (κ2) is 10.0. The fraction of sp³-hybridized carbons (Fsp3) is 0.450. The van der Waals surface area contributed by atoms with Crippen LogP contribution in [0.15, 0.2) is 30.5 Å². The third-order valence-electron chi connectivity index (χ3n) is 5.04. The number of nitrogens with two attached hydrogens (primary N) is 1. The van der Waals surface area contributed by atoms with E-state index in [2.05, 4.69) is 15.6 Å². The molecular formula is C20H28N4O5. The van der Waals surface area contributed by atoms with E-state index in [0.717, 1.165) is 16.5 Å². The maximum Gasteiger partial charge on any atom is 0.326 e. The molecule has 2 aromatic rings. The first-order chi connectivity index (χ1) is 13.8. The standard InChI is InChI=1S/C20H28N4O5/c1-3-11(2)17(20(28)29)24-19(27)16(23-18(26)14(21)10-25)8-12-9-22-15-7-5-4-6-13(12)15/h4-7,9,11,14,16-17,22,25H,3,8,10,21H2,1-2H3,(H,23,26)(H,24,27)(H,28,29). The van der Waals surface area contributed by atoms with Crippen molar-refractivity contribution >= 4 is 28.7 Å². The van der Waals surface area contributed by atoms with Crippen molar-refractivity contribution in [2.75, 3.05) is 6.61 Å². The molecule has 1 heterocycles. The monoisotopic (exact) mass is 404 g/mol. The van der Waals surface area contributed by atoms with E-state index in [9.17, 15) is 19.5 Å². The number of carbonyl (C=O) groups is 3. The highest BCUT2D eigenvalue weighted by Gasteiger charge is 2.30. The third-order valence-corrected chi connectivity index (χ3v) is 5.04. The minimum absolute atomic E-state index is 0.132. The number of aromatic nitrogens is 1. The minimum atomic E-state index is -1.18. The molecule has 9 heteroatoms. The van der Waals surface area contributed by atoms with E-state index in [1.165, 1.54) is 0 Å². The van der Waals surface area contributed by atoms with Gasteiger partial charge in [0.25, 0.3) is 0 Å². The first-order valence-electron chi connectivity index (χ1n) is 9.53. The van der Waals surface area contributed by atoms with E-state index >= 15 is 0 Å². The summed E-state index contributed by atoms with van der Waals surface area (Å²) in [6.07, 6.45) is 2.44. The van der Waals surface area contributed by atoms with Crippen molar-refractivity contribution < 1.29 is 24.6 Å². The summed E-state index contributed by atoms with van der Waals surface area (Å²) in [6, 6.07) is 4.19. The summed E-state index contributed by atoms with van der Waals surface area (Å²) in [5.41, 5.74) is 7.22. The van der Waals surface area contributed by atoms with E-state index in [-0.39, 0.29) is 12.3 Å². The van der Waals surface area contributed by atoms with Crippen LogP contribution in [0.2, 0.25) is 0 Å². The van der Waals surface area contributed by atoms with Crippen LogP contribution in [-0.4, -0.2) is 57.7 Å². The van der Waals surface area contributed by atoms with Crippen LogP contribution in [0, 0.1) is 5.92 Å². The molecule has 0 saturated carbocycles. The normalized spacial score (nSPS) is 15.3. The number of H-pyrrole nitrogens is 1. The number of carboxylic acid groups (broad SMARTS) is 1. The number of carboxylic acids is 1. The fourth-order valence-electron chi connectivity index (χ4n) is 3.03. The molecule has 0 fully saturated rings. The van der Waals surface area contributed by atoms with Gasteiger partial charge < -0.3 is 31.6 Å². The Morgan fingerprint density at radius 3 is 2.48 bits per heavy atom. The Balaban J connectivity index is 2.27. The topological polar surface area (TPSA) is 158 Å². The van der Waals surface area contributed by atoms with Crippen LogP contribution in [0.3, 0.4) is 0 Å². The van der Waals surface area contributed by atoms with Crippen LogP contribution >= 0.6 is 0 Å². The number of rotatable bonds is 10. The smallest absolute Gasteiger partial charge is 0.326 e. The minimum Gasteiger partial charge on any atom is -0.480 e. The molecule has 0 spiro atoms. The summed E-state index contributed by atoms with van der Waals surface area (Å²) in [7, 11) is 0. The Hall–Kier alpha value is -2.91. The molecule has 4 atom stereocenters. The number of benzene rings is 1. The molecular weight excluding hydrogens is 376 g/mol. The summed E-state index contributed by atoms with van der Waals surface area (Å²) < 4.78 is 0. The van der Waals surface area contributed by atoms with E-state index < -0.39 is 42.5 Å². The molecule has 7 N–H and O–H groups in total. The number of carbonyl (C=O) groups excluding carboxylic acids is 2. The third kappa shape index (κ3) is 5.55. The van der Waals surface area contributed by atoms with Crippen molar-refractivity contribution in [3.8, 4) is 0 Å². The van der Waals surface area contributed by atoms with Gasteiger partial charge in [0.1, 0.15) is 18.1 Å². The first kappa shape index (κ1) is 22.4. The van der Waals surface area contributed by atoms with Crippen LogP contribution in [0.25, 0.3) is 10.9 Å². The highest BCUT2D eigenvalue weighted by Crippen LogP contribution is 2.19. The summed E-state index contributed by atoms with van der Waals surface area (Å²) >= 11 is 0. The zero-order valence-electron chi connectivity index (χ0n) is 16.5. The molecule has 29 heavy (non-hydrogen) atoms. The molecule has 0 bridgehead atoms. The lowest BCUT2D eigenvalue weighted by Crippen LogP contribution is -2.56. The van der Waals surface area contributed by atoms with Crippen LogP contribution in [-0.2, 0) is 20.8 Å². The number of aromatic amines is 1. The number of aliphatic hydroxyl groups excluding tert-OH is 1. The van der Waals surface area contributed by atoms with Crippen LogP contribution < -0.4 is 16.4 Å². The zero-order valence-corrected chi connectivity index (χ0v) is 16.5. The Bertz CT molecular complexity index is 865. The van der Waals surface area contributed by atoms with Crippen molar-refractivity contribution in [1.29, 1.82) is 0 Å². The van der Waals surface area contributed by atoms with Gasteiger partial charge in [-0.15, -0.1) is 0 Å². The predicted molar refractivity (Wildman–Crippen MR) is 108 cm³/mol. The molecule has 1 aromatic carbocycles. The van der Waals surface area contributed by atoms with Gasteiger partial charge in [0.05, 0.1) is 6.61 Å². The van der Waals surface area contributed by atoms with E-state index in [1.807, 2.05) is 31.2 Å². The Labute approximate surface area is 168 Å². The summed E-state index contributed by atoms with van der Waals surface area (Å²) in [5.74, 6) is -2.75. The zero-order chi connectivity index (χ0) is 21.6. The predicted octanol–water partition coefficient (Wildman–Crippen LogP) is 0.130. The lowest BCUT2D eigenvalue weighted by Gasteiger charge is -2.25. The van der Waals surface area contributed by atoms with Gasteiger partial charge in [0.2, 0.25) is 11.8 Å². The lowest BCUT2D eigenvalue weighted by atomic mass is 9.98. The van der Waals surface area contributed by atoms with Crippen molar-refractivity contribution in [3.63, 3.8) is 0 Å². The van der Waals surface area contributed by atoms with Crippen LogP contribution in [0.1, 0.15) is 25.8 Å². The molecule has 1 aromatic heterocycles. The number of amides is 2. The molecule has 0 aliphatic heterocycles. The molecule has 4 unspecified atom stereocenters. The molecule has 0 aliphatic rings. The number of aliphatic carboxylic acids is 1. The number of aliphatic hydroxyl groups is 1. The average molecular weight is 404 g/mol. The quantitative estimate of drug-likeness (QED) is 0.330. The lowest BCUT2D eigenvalue weighted by molar-refractivity contribution is -0.143. The van der Waals surface area contributed by atoms with Crippen LogP contribution in [0.4, 0.5) is 0 Å². The second-order valence-electron chi connectivity index (χ2n) is 7.12. The van der Waals surface area contributed by atoms with Gasteiger partial charge in [-0.1, -0.05) is 38.5 Å². The molecule has 2 amide bonds. The van der Waals surface area contributed by atoms with Crippen molar-refractivity contribution in [2.45, 2.75) is 44.8 Å². The van der Waals surface area contributed by atoms with Gasteiger partial charge in [-0.05, 0) is 17.5 Å². The van der Waals surface area contributed by atoms with E-state index in [0.29, 0.717) is 6.42 Å². The SMILES string of the molecule is CCC(C)C(NC(=O)C(Cc1c[nH]c2ccccc12)NC(=O)C(N)CO)C(=O)O. The molecule has 0 radical (unpaired) electrons. The van der Waals surface area contributed by atoms with Gasteiger partial charge in [-0.3, -0.25) is 9.59 Å². The molecule has 158 valence electrons. The van der Waals surface area contributed by atoms with Crippen LogP contribution in [0.5, 0.6) is 0 Å². The number of fused-ring (bicyclic) bond motifs is 1. The Morgan fingerprint density at radius 1 is 1.17 bits per heavy atom. The first-order valence-corrected chi connectivity index (χ1v) is 9.53. The summed E-state index contributed by atoms with van der Waals surface area (Å²) in [5, 5.41) is 24.5. The van der Waals surface area contributed by atoms with Crippen molar-refractivity contribution in [1.82, 2.24) is 15.6 Å². The maximum atomic E-state index is 12.9. The number of nitrogens with one attached hydrogen (secondary N) is 3. The Kier molecular flexibility index (Phi) is 7.74. The largest absolute Gasteiger partial charge is 0.480 e. The molecule has 2 rings (SSSR count). The number of hydrogen-bond donors (Lipinski definition) is 6. The molecule has 9 nitrogen and oxygen atoms in total. The highest BCUT2D eigenvalue weighted by molar-refractivity contribution is 5.93. The highest BCUT2D eigenvalue weighted by atomic mass is 16.4. The number of para-hydroxylation sites is 1. The van der Waals surface area contributed by atoms with Gasteiger partial charge in [0.15, 0.2) is 0 Å². The van der Waals surface area contributed by atoms with Gasteiger partial charge >= 0.3 is 5.97 Å². The average Bonchev–Trinajstić information content (AvgIpc) is 3.12. The van der Waals surface area contributed by atoms with E-state index in [4.69, 9.17) is 10.8 Å². The van der Waals surface area contributed by atoms with Crippen molar-refractivity contribution in [3.05, 3.63) is 36.0 Å². The van der Waals surface area contributed by atoms with Gasteiger partial charge in [-0.25, -0.2) is 4.79 Å². The molecule has 0 saturated heterocycles. The molecule has 0 aliphatic carbocycles. The second-order valence-corrected chi connectivity index (χ2v) is 7.12. The Morgan fingerprint density at radius 2 is 1.86 bits per heavy atom. The number of hydrogen-bond acceptors (Lipinski definition) is 5. The summed E-state index contributed by atoms with van der Waals surface area (Å²) in [4.78, 5) is 39.7. The maximum absolute atomic E-state index is 12.9. The van der Waals surface area contributed by atoms with Gasteiger partial charge in [0, 0.05) is 23.5 Å². The van der Waals surface area contributed by atoms with Crippen molar-refractivity contribution in [2.24, 2.45) is 11.7 Å². The summed E-state index contributed by atoms with van der Waals surface area (Å²) in [6.45, 7) is 2.99. The van der Waals surface area contributed by atoms with Gasteiger partial charge in [-0.2, -0.15) is 0 Å². The van der Waals surface area contributed by atoms with E-state index in [1.54, 1.807) is 13.1 Å².